The van der Waals surface area contributed by atoms with Gasteiger partial charge in [-0.2, -0.15) is 0 Å². The molecule has 3 N–H and O–H groups in total. The Morgan fingerprint density at radius 3 is 2.52 bits per heavy atom. The second kappa shape index (κ2) is 6.40. The first-order chi connectivity index (χ1) is 9.88. The van der Waals surface area contributed by atoms with Crippen molar-refractivity contribution in [1.82, 2.24) is 10.3 Å². The summed E-state index contributed by atoms with van der Waals surface area (Å²) in [4.78, 5) is 17.9. The van der Waals surface area contributed by atoms with Gasteiger partial charge in [-0.3, -0.25) is 4.79 Å². The zero-order valence-corrected chi connectivity index (χ0v) is 14.5. The molecule has 1 saturated carbocycles. The Hall–Kier alpha value is -1.01. The highest BCUT2D eigenvalue weighted by Crippen LogP contribution is 2.34. The molecule has 1 aliphatic carbocycles. The second-order valence-corrected chi connectivity index (χ2v) is 7.54. The van der Waals surface area contributed by atoms with E-state index in [4.69, 9.17) is 18.0 Å². The summed E-state index contributed by atoms with van der Waals surface area (Å²) in [6.07, 6.45) is 4.98. The van der Waals surface area contributed by atoms with Crippen molar-refractivity contribution in [3.8, 4) is 0 Å². The number of aromatic nitrogens is 1. The smallest absolute Gasteiger partial charge is 0.264 e. The molecule has 0 atom stereocenters. The van der Waals surface area contributed by atoms with Gasteiger partial charge in [0.15, 0.2) is 0 Å². The number of nitrogens with two attached hydrogens (primary N) is 1. The first kappa shape index (κ1) is 16.4. The number of carbonyl (C=O) groups is 1. The molecule has 1 amide bonds. The van der Waals surface area contributed by atoms with Gasteiger partial charge in [-0.25, -0.2) is 4.98 Å². The number of thiazole rings is 1. The average molecular weight is 326 g/mol. The second-order valence-electron chi connectivity index (χ2n) is 5.90. The van der Waals surface area contributed by atoms with Crippen molar-refractivity contribution in [1.29, 1.82) is 0 Å². The van der Waals surface area contributed by atoms with Gasteiger partial charge in [-0.05, 0) is 45.4 Å². The Balaban J connectivity index is 2.16. The maximum absolute atomic E-state index is 12.6. The third kappa shape index (κ3) is 3.43. The molecule has 0 bridgehead atoms. The quantitative estimate of drug-likeness (QED) is 0.835. The van der Waals surface area contributed by atoms with E-state index in [9.17, 15) is 4.79 Å². The van der Waals surface area contributed by atoms with Crippen molar-refractivity contribution in [2.24, 2.45) is 11.7 Å². The molecule has 4 nitrogen and oxygen atoms in total. The predicted molar refractivity (Wildman–Crippen MR) is 90.8 cm³/mol. The zero-order chi connectivity index (χ0) is 15.6. The van der Waals surface area contributed by atoms with Gasteiger partial charge in [0.1, 0.15) is 4.88 Å². The van der Waals surface area contributed by atoms with Crippen LogP contribution in [0.15, 0.2) is 0 Å². The lowest BCUT2D eigenvalue weighted by molar-refractivity contribution is 0.0901. The van der Waals surface area contributed by atoms with Crippen molar-refractivity contribution in [3.05, 3.63) is 15.6 Å². The number of nitrogens with one attached hydrogen (secondary N) is 1. The average Bonchev–Trinajstić information content (AvgIpc) is 2.78. The highest BCUT2D eigenvalue weighted by molar-refractivity contribution is 7.80. The molecule has 1 aromatic rings. The van der Waals surface area contributed by atoms with E-state index in [2.05, 4.69) is 17.2 Å². The van der Waals surface area contributed by atoms with Gasteiger partial charge in [0.2, 0.25) is 0 Å². The fraction of sp³-hybridized carbons (Fsp3) is 0.667. The van der Waals surface area contributed by atoms with Crippen LogP contribution in [0.25, 0.3) is 0 Å². The van der Waals surface area contributed by atoms with Crippen LogP contribution in [0.5, 0.6) is 0 Å². The minimum atomic E-state index is -0.525. The van der Waals surface area contributed by atoms with Crippen LogP contribution in [0, 0.1) is 19.8 Å². The standard InChI is InChI=1S/C15H23N3OS2/c1-4-11-5-7-15(8-6-11,14(16)20)18-13(19)12-9(2)17-10(3)21-12/h11H,4-8H2,1-3H3,(H2,16,20)(H,18,19). The van der Waals surface area contributed by atoms with Gasteiger partial charge in [-0.15, -0.1) is 11.3 Å². The number of aryl methyl sites for hydroxylation is 2. The Bertz CT molecular complexity index is 545. The van der Waals surface area contributed by atoms with Crippen molar-refractivity contribution in [2.75, 3.05) is 0 Å². The molecule has 1 aliphatic rings. The molecule has 21 heavy (non-hydrogen) atoms. The van der Waals surface area contributed by atoms with E-state index in [-0.39, 0.29) is 5.91 Å². The van der Waals surface area contributed by atoms with Gasteiger partial charge in [0.25, 0.3) is 5.91 Å². The summed E-state index contributed by atoms with van der Waals surface area (Å²) < 4.78 is 0. The van der Waals surface area contributed by atoms with Gasteiger partial charge in [0.05, 0.1) is 21.2 Å². The number of hydrogen-bond acceptors (Lipinski definition) is 4. The number of nitrogens with zero attached hydrogens (tertiary/aromatic N) is 1. The van der Waals surface area contributed by atoms with E-state index in [0.717, 1.165) is 42.3 Å². The number of carbonyl (C=O) groups excluding carboxylic acids is 1. The summed E-state index contributed by atoms with van der Waals surface area (Å²) in [6, 6.07) is 0. The van der Waals surface area contributed by atoms with Gasteiger partial charge in [0, 0.05) is 0 Å². The molecule has 1 aromatic heterocycles. The Labute approximate surface area is 135 Å². The molecule has 116 valence electrons. The van der Waals surface area contributed by atoms with Crippen LogP contribution < -0.4 is 11.1 Å². The monoisotopic (exact) mass is 325 g/mol. The van der Waals surface area contributed by atoms with E-state index in [0.29, 0.717) is 9.87 Å². The summed E-state index contributed by atoms with van der Waals surface area (Å²) in [5.74, 6) is 0.623. The SMILES string of the molecule is CCC1CCC(NC(=O)c2sc(C)nc2C)(C(N)=S)CC1. The Morgan fingerprint density at radius 2 is 2.10 bits per heavy atom. The van der Waals surface area contributed by atoms with Crippen LogP contribution in [0.3, 0.4) is 0 Å². The highest BCUT2D eigenvalue weighted by Gasteiger charge is 2.39. The molecule has 0 spiro atoms. The molecule has 0 saturated heterocycles. The summed E-state index contributed by atoms with van der Waals surface area (Å²) >= 11 is 6.68. The van der Waals surface area contributed by atoms with E-state index in [1.807, 2.05) is 13.8 Å². The molecule has 2 rings (SSSR count). The molecule has 0 radical (unpaired) electrons. The van der Waals surface area contributed by atoms with Crippen LogP contribution in [0.1, 0.15) is 59.4 Å². The lowest BCUT2D eigenvalue weighted by atomic mass is 9.75. The highest BCUT2D eigenvalue weighted by atomic mass is 32.1. The summed E-state index contributed by atoms with van der Waals surface area (Å²) in [5, 5.41) is 4.01. The number of thiocarbonyl (C=S) groups is 1. The molecule has 0 aliphatic heterocycles. The Kier molecular flexibility index (Phi) is 4.99. The lowest BCUT2D eigenvalue weighted by Crippen LogP contribution is -2.58. The van der Waals surface area contributed by atoms with E-state index >= 15 is 0 Å². The number of amides is 1. The topological polar surface area (TPSA) is 68.0 Å². The fourth-order valence-corrected chi connectivity index (χ4v) is 4.10. The number of hydrogen-bond donors (Lipinski definition) is 2. The summed E-state index contributed by atoms with van der Waals surface area (Å²) in [5.41, 5.74) is 6.21. The molecule has 0 unspecified atom stereocenters. The van der Waals surface area contributed by atoms with Crippen LogP contribution in [0.4, 0.5) is 0 Å². The van der Waals surface area contributed by atoms with Crippen molar-refractivity contribution in [2.45, 2.75) is 58.4 Å². The first-order valence-electron chi connectivity index (χ1n) is 7.44. The molecular weight excluding hydrogens is 302 g/mol. The van der Waals surface area contributed by atoms with Crippen LogP contribution in [-0.4, -0.2) is 21.4 Å². The first-order valence-corrected chi connectivity index (χ1v) is 8.67. The van der Waals surface area contributed by atoms with Crippen LogP contribution in [0.2, 0.25) is 0 Å². The minimum Gasteiger partial charge on any atom is -0.391 e. The predicted octanol–water partition coefficient (Wildman–Crippen LogP) is 3.11. The Morgan fingerprint density at radius 1 is 1.48 bits per heavy atom. The van der Waals surface area contributed by atoms with Crippen molar-refractivity contribution < 1.29 is 4.79 Å². The maximum atomic E-state index is 12.6. The molecular formula is C15H23N3OS2. The van der Waals surface area contributed by atoms with E-state index in [1.54, 1.807) is 0 Å². The molecule has 6 heteroatoms. The third-order valence-corrected chi connectivity index (χ3v) is 5.93. The van der Waals surface area contributed by atoms with Gasteiger partial charge < -0.3 is 11.1 Å². The maximum Gasteiger partial charge on any atom is 0.264 e. The summed E-state index contributed by atoms with van der Waals surface area (Å²) in [6.45, 7) is 5.98. The third-order valence-electron chi connectivity index (χ3n) is 4.47. The normalized spacial score (nSPS) is 25.6. The zero-order valence-electron chi connectivity index (χ0n) is 12.9. The van der Waals surface area contributed by atoms with Crippen LogP contribution in [-0.2, 0) is 0 Å². The molecule has 1 fully saturated rings. The molecule has 1 heterocycles. The van der Waals surface area contributed by atoms with Gasteiger partial charge >= 0.3 is 0 Å². The van der Waals surface area contributed by atoms with E-state index < -0.39 is 5.54 Å². The van der Waals surface area contributed by atoms with E-state index in [1.165, 1.54) is 17.8 Å². The van der Waals surface area contributed by atoms with Gasteiger partial charge in [-0.1, -0.05) is 25.6 Å². The minimum absolute atomic E-state index is 0.0964. The number of rotatable bonds is 4. The fourth-order valence-electron chi connectivity index (χ4n) is 3.03. The van der Waals surface area contributed by atoms with Crippen LogP contribution >= 0.6 is 23.6 Å². The largest absolute Gasteiger partial charge is 0.391 e. The van der Waals surface area contributed by atoms with Crippen molar-refractivity contribution in [3.63, 3.8) is 0 Å². The van der Waals surface area contributed by atoms with Crippen molar-refractivity contribution >= 4 is 34.5 Å². The molecule has 0 aromatic carbocycles. The summed E-state index contributed by atoms with van der Waals surface area (Å²) in [7, 11) is 0. The lowest BCUT2D eigenvalue weighted by Gasteiger charge is -2.39.